The van der Waals surface area contributed by atoms with Gasteiger partial charge in [-0.3, -0.25) is 9.69 Å². The number of aryl methyl sites for hydroxylation is 2. The highest BCUT2D eigenvalue weighted by Gasteiger charge is 2.34. The number of tetrazole rings is 1. The molecular weight excluding hydrogens is 452 g/mol. The smallest absolute Gasteiger partial charge is 0.252 e. The number of ether oxygens (including phenoxy) is 1. The molecule has 1 saturated carbocycles. The van der Waals surface area contributed by atoms with Crippen molar-refractivity contribution >= 4 is 10.9 Å². The molecule has 8 heteroatoms. The molecule has 2 aliphatic rings. The van der Waals surface area contributed by atoms with Crippen molar-refractivity contribution in [2.24, 2.45) is 5.92 Å². The molecular formula is C28H40N6O2. The molecule has 36 heavy (non-hydrogen) atoms. The predicted octanol–water partition coefficient (Wildman–Crippen LogP) is 5.01. The third-order valence-electron chi connectivity index (χ3n) is 8.19. The van der Waals surface area contributed by atoms with Crippen LogP contribution in [0.3, 0.4) is 0 Å². The summed E-state index contributed by atoms with van der Waals surface area (Å²) in [5.74, 6) is 1.18. The number of H-pyrrole nitrogens is 1. The standard InChI is InChI=1S/C28H40N6O2/c1-18(2)26(27-30-31-32-34(27)23-9-6-5-7-10-23)33(17-24-11-8-14-36-24)16-22-15-21-13-12-19(3)20(4)25(21)29-28(22)35/h12-13,15,18,23-24,26H,5-11,14,16-17H2,1-4H3,(H,29,35)/t24-,26+/m0/s1. The van der Waals surface area contributed by atoms with Crippen molar-refractivity contribution in [2.45, 2.75) is 97.4 Å². The van der Waals surface area contributed by atoms with E-state index in [4.69, 9.17) is 4.74 Å². The highest BCUT2D eigenvalue weighted by molar-refractivity contribution is 5.83. The average Bonchev–Trinajstić information content (AvgIpc) is 3.56. The Balaban J connectivity index is 1.52. The van der Waals surface area contributed by atoms with Gasteiger partial charge in [-0.25, -0.2) is 4.68 Å². The largest absolute Gasteiger partial charge is 0.377 e. The Morgan fingerprint density at radius 2 is 1.94 bits per heavy atom. The van der Waals surface area contributed by atoms with Crippen LogP contribution in [0, 0.1) is 19.8 Å². The first kappa shape index (κ1) is 25.1. The molecule has 1 saturated heterocycles. The number of pyridine rings is 1. The van der Waals surface area contributed by atoms with Crippen LogP contribution in [0.5, 0.6) is 0 Å². The van der Waals surface area contributed by atoms with Crippen molar-refractivity contribution in [2.75, 3.05) is 13.2 Å². The number of hydrogen-bond donors (Lipinski definition) is 1. The van der Waals surface area contributed by atoms with Gasteiger partial charge in [-0.05, 0) is 78.5 Å². The Hall–Kier alpha value is -2.58. The fourth-order valence-electron chi connectivity index (χ4n) is 6.10. The molecule has 194 valence electrons. The van der Waals surface area contributed by atoms with E-state index in [9.17, 15) is 4.79 Å². The zero-order chi connectivity index (χ0) is 25.2. The van der Waals surface area contributed by atoms with E-state index in [1.54, 1.807) is 0 Å². The second-order valence-electron chi connectivity index (χ2n) is 11.1. The minimum absolute atomic E-state index is 0.0130. The first-order chi connectivity index (χ1) is 17.4. The Morgan fingerprint density at radius 3 is 2.67 bits per heavy atom. The van der Waals surface area contributed by atoms with Gasteiger partial charge in [0.15, 0.2) is 5.82 Å². The number of rotatable bonds is 8. The van der Waals surface area contributed by atoms with Crippen LogP contribution in [0.2, 0.25) is 0 Å². The maximum atomic E-state index is 13.3. The van der Waals surface area contributed by atoms with E-state index in [0.29, 0.717) is 12.6 Å². The lowest BCUT2D eigenvalue weighted by molar-refractivity contribution is 0.0375. The highest BCUT2D eigenvalue weighted by Crippen LogP contribution is 2.34. The van der Waals surface area contributed by atoms with Crippen LogP contribution >= 0.6 is 0 Å². The lowest BCUT2D eigenvalue weighted by Crippen LogP contribution is -2.40. The van der Waals surface area contributed by atoms with Crippen LogP contribution in [0.4, 0.5) is 0 Å². The molecule has 1 N–H and O–H groups in total. The molecule has 0 bridgehead atoms. The molecule has 1 aromatic carbocycles. The molecule has 1 aliphatic heterocycles. The molecule has 0 spiro atoms. The summed E-state index contributed by atoms with van der Waals surface area (Å²) in [7, 11) is 0. The summed E-state index contributed by atoms with van der Waals surface area (Å²) >= 11 is 0. The van der Waals surface area contributed by atoms with Gasteiger partial charge >= 0.3 is 0 Å². The van der Waals surface area contributed by atoms with Crippen molar-refractivity contribution < 1.29 is 4.74 Å². The minimum Gasteiger partial charge on any atom is -0.377 e. The highest BCUT2D eigenvalue weighted by atomic mass is 16.5. The fraction of sp³-hybridized carbons (Fsp3) is 0.643. The number of aromatic nitrogens is 5. The Kier molecular flexibility index (Phi) is 7.53. The van der Waals surface area contributed by atoms with E-state index in [2.05, 4.69) is 76.0 Å². The van der Waals surface area contributed by atoms with Crippen molar-refractivity contribution in [1.29, 1.82) is 0 Å². The van der Waals surface area contributed by atoms with Crippen LogP contribution in [-0.2, 0) is 11.3 Å². The summed E-state index contributed by atoms with van der Waals surface area (Å²) in [4.78, 5) is 18.9. The van der Waals surface area contributed by atoms with Gasteiger partial charge in [-0.1, -0.05) is 45.2 Å². The first-order valence-electron chi connectivity index (χ1n) is 13.7. The number of aromatic amines is 1. The molecule has 8 nitrogen and oxygen atoms in total. The lowest BCUT2D eigenvalue weighted by Gasteiger charge is -2.36. The second kappa shape index (κ2) is 10.8. The SMILES string of the molecule is Cc1ccc2cc(CN(C[C@@H]3CCCO3)[C@@H](c3nnnn3C3CCCCC3)C(C)C)c(=O)[nH]c2c1C. The number of fused-ring (bicyclic) bond motifs is 1. The molecule has 1 aliphatic carbocycles. The Bertz CT molecular complexity index is 1240. The summed E-state index contributed by atoms with van der Waals surface area (Å²) in [6, 6.07) is 6.63. The van der Waals surface area contributed by atoms with Crippen LogP contribution in [0.25, 0.3) is 10.9 Å². The summed E-state index contributed by atoms with van der Waals surface area (Å²) in [5.41, 5.74) is 3.98. The summed E-state index contributed by atoms with van der Waals surface area (Å²) < 4.78 is 8.14. The summed E-state index contributed by atoms with van der Waals surface area (Å²) in [5, 5.41) is 14.3. The molecule has 0 amide bonds. The van der Waals surface area contributed by atoms with Crippen molar-refractivity contribution in [3.8, 4) is 0 Å². The van der Waals surface area contributed by atoms with Gasteiger partial charge in [-0.15, -0.1) is 5.10 Å². The molecule has 2 fully saturated rings. The van der Waals surface area contributed by atoms with E-state index < -0.39 is 0 Å². The van der Waals surface area contributed by atoms with Gasteiger partial charge in [0.05, 0.1) is 23.7 Å². The topological polar surface area (TPSA) is 88.9 Å². The van der Waals surface area contributed by atoms with Gasteiger partial charge in [0.2, 0.25) is 0 Å². The third kappa shape index (κ3) is 5.11. The third-order valence-corrected chi connectivity index (χ3v) is 8.19. The number of nitrogens with zero attached hydrogens (tertiary/aromatic N) is 5. The van der Waals surface area contributed by atoms with Crippen LogP contribution in [0.15, 0.2) is 23.0 Å². The van der Waals surface area contributed by atoms with Gasteiger partial charge in [0.1, 0.15) is 0 Å². The van der Waals surface area contributed by atoms with Gasteiger partial charge in [0, 0.05) is 25.3 Å². The monoisotopic (exact) mass is 492 g/mol. The number of hydrogen-bond acceptors (Lipinski definition) is 6. The zero-order valence-corrected chi connectivity index (χ0v) is 22.2. The average molecular weight is 493 g/mol. The van der Waals surface area contributed by atoms with Crippen molar-refractivity contribution in [1.82, 2.24) is 30.1 Å². The molecule has 3 aromatic rings. The van der Waals surface area contributed by atoms with Crippen LogP contribution in [0.1, 0.15) is 93.4 Å². The molecule has 0 unspecified atom stereocenters. The fourth-order valence-corrected chi connectivity index (χ4v) is 6.10. The maximum Gasteiger partial charge on any atom is 0.252 e. The van der Waals surface area contributed by atoms with Gasteiger partial charge < -0.3 is 9.72 Å². The van der Waals surface area contributed by atoms with E-state index in [1.807, 2.05) is 0 Å². The van der Waals surface area contributed by atoms with E-state index in [1.165, 1.54) is 24.8 Å². The van der Waals surface area contributed by atoms with Crippen LogP contribution < -0.4 is 5.56 Å². The van der Waals surface area contributed by atoms with Crippen molar-refractivity contribution in [3.63, 3.8) is 0 Å². The second-order valence-corrected chi connectivity index (χ2v) is 11.1. The number of nitrogens with one attached hydrogen (secondary N) is 1. The summed E-state index contributed by atoms with van der Waals surface area (Å²) in [6.45, 7) is 10.7. The van der Waals surface area contributed by atoms with Gasteiger partial charge in [0.25, 0.3) is 5.56 Å². The zero-order valence-electron chi connectivity index (χ0n) is 22.2. The minimum atomic E-state index is -0.0251. The summed E-state index contributed by atoms with van der Waals surface area (Å²) in [6.07, 6.45) is 8.27. The van der Waals surface area contributed by atoms with E-state index in [-0.39, 0.29) is 23.6 Å². The normalized spacial score (nSPS) is 20.1. The van der Waals surface area contributed by atoms with Gasteiger partial charge in [-0.2, -0.15) is 0 Å². The molecule has 0 radical (unpaired) electrons. The van der Waals surface area contributed by atoms with Crippen LogP contribution in [-0.4, -0.2) is 49.3 Å². The molecule has 2 atom stereocenters. The molecule has 3 heterocycles. The Morgan fingerprint density at radius 1 is 1.14 bits per heavy atom. The van der Waals surface area contributed by atoms with Crippen molar-refractivity contribution in [3.05, 3.63) is 51.1 Å². The van der Waals surface area contributed by atoms with E-state index >= 15 is 0 Å². The predicted molar refractivity (Wildman–Crippen MR) is 141 cm³/mol. The first-order valence-corrected chi connectivity index (χ1v) is 13.7. The Labute approximate surface area is 213 Å². The quantitative estimate of drug-likeness (QED) is 0.475. The lowest BCUT2D eigenvalue weighted by atomic mass is 9.94. The maximum absolute atomic E-state index is 13.3. The molecule has 2 aromatic heterocycles. The van der Waals surface area contributed by atoms with E-state index in [0.717, 1.165) is 66.7 Å². The number of benzene rings is 1. The molecule has 5 rings (SSSR count).